The molecule has 2 aromatic heterocycles. The van der Waals surface area contributed by atoms with Gasteiger partial charge in [-0.1, -0.05) is 32.0 Å². The van der Waals surface area contributed by atoms with Crippen LogP contribution in [0.1, 0.15) is 25.0 Å². The van der Waals surface area contributed by atoms with Crippen molar-refractivity contribution < 1.29 is 9.68 Å². The third kappa shape index (κ3) is 1.79. The molecular formula is C20H17BN2O2. The van der Waals surface area contributed by atoms with Gasteiger partial charge in [0, 0.05) is 28.6 Å². The van der Waals surface area contributed by atoms with Crippen molar-refractivity contribution in [3.63, 3.8) is 0 Å². The zero-order chi connectivity index (χ0) is 17.2. The summed E-state index contributed by atoms with van der Waals surface area (Å²) in [4.78, 5) is 4.33. The summed E-state index contributed by atoms with van der Waals surface area (Å²) >= 11 is 0. The number of rotatable bonds is 2. The molecule has 0 saturated heterocycles. The average Bonchev–Trinajstić information content (AvgIpc) is 2.95. The number of benzene rings is 2. The normalized spacial score (nSPS) is 14.5. The van der Waals surface area contributed by atoms with Gasteiger partial charge in [-0.05, 0) is 35.4 Å². The van der Waals surface area contributed by atoms with Crippen LogP contribution in [0.4, 0.5) is 0 Å². The van der Waals surface area contributed by atoms with Crippen molar-refractivity contribution in [2.75, 3.05) is 0 Å². The Morgan fingerprint density at radius 3 is 2.76 bits per heavy atom. The van der Waals surface area contributed by atoms with Gasteiger partial charge < -0.3 is 14.2 Å². The Hall–Kier alpha value is -2.79. The topological polar surface area (TPSA) is 47.3 Å². The van der Waals surface area contributed by atoms with Crippen LogP contribution in [0.15, 0.2) is 54.9 Å². The molecule has 4 nitrogen and oxygen atoms in total. The van der Waals surface area contributed by atoms with Crippen LogP contribution in [0.25, 0.3) is 27.5 Å². The van der Waals surface area contributed by atoms with E-state index in [0.717, 1.165) is 16.3 Å². The lowest BCUT2D eigenvalue weighted by Gasteiger charge is -2.34. The van der Waals surface area contributed by atoms with Crippen LogP contribution in [0.2, 0.25) is 0 Å². The molecule has 122 valence electrons. The van der Waals surface area contributed by atoms with Gasteiger partial charge >= 0.3 is 7.69 Å². The molecule has 2 aromatic carbocycles. The molecule has 0 fully saturated rings. The monoisotopic (exact) mass is 328 g/mol. The average molecular weight is 328 g/mol. The Labute approximate surface area is 146 Å². The van der Waals surface area contributed by atoms with Crippen LogP contribution in [0, 0.1) is 0 Å². The van der Waals surface area contributed by atoms with E-state index >= 15 is 0 Å². The first-order valence-corrected chi connectivity index (χ1v) is 8.39. The maximum atomic E-state index is 9.24. The molecule has 0 bridgehead atoms. The van der Waals surface area contributed by atoms with Crippen molar-refractivity contribution in [3.05, 3.63) is 66.0 Å². The largest absolute Gasteiger partial charge is 0.539 e. The summed E-state index contributed by atoms with van der Waals surface area (Å²) in [6, 6.07) is 14.7. The summed E-state index contributed by atoms with van der Waals surface area (Å²) in [5.74, 6) is 0.681. The predicted molar refractivity (Wildman–Crippen MR) is 101 cm³/mol. The molecule has 0 atom stereocenters. The van der Waals surface area contributed by atoms with E-state index in [1.165, 1.54) is 22.3 Å². The van der Waals surface area contributed by atoms with E-state index in [4.69, 9.17) is 4.65 Å². The Bertz CT molecular complexity index is 1150. The SMILES string of the molecule is CC1(C)c2ccccc2-n2c3ccncc3c3cc(OBO)cc1c32. The highest BCUT2D eigenvalue weighted by Crippen LogP contribution is 2.48. The van der Waals surface area contributed by atoms with E-state index in [2.05, 4.69) is 59.8 Å². The van der Waals surface area contributed by atoms with Gasteiger partial charge in [0.05, 0.1) is 16.7 Å². The molecule has 0 saturated carbocycles. The maximum absolute atomic E-state index is 9.24. The minimum Gasteiger partial charge on any atom is -0.539 e. The summed E-state index contributed by atoms with van der Waals surface area (Å²) in [6.07, 6.45) is 3.74. The summed E-state index contributed by atoms with van der Waals surface area (Å²) in [7, 11) is -0.334. The molecular weight excluding hydrogens is 311 g/mol. The van der Waals surface area contributed by atoms with E-state index in [9.17, 15) is 5.02 Å². The summed E-state index contributed by atoms with van der Waals surface area (Å²) in [6.45, 7) is 4.48. The molecule has 5 heteroatoms. The first kappa shape index (κ1) is 14.5. The highest BCUT2D eigenvalue weighted by molar-refractivity contribution is 6.18. The van der Waals surface area contributed by atoms with Gasteiger partial charge in [0.2, 0.25) is 0 Å². The fourth-order valence-electron chi connectivity index (χ4n) is 4.19. The molecule has 1 N–H and O–H groups in total. The number of para-hydroxylation sites is 1. The number of pyridine rings is 1. The number of nitrogens with zero attached hydrogens (tertiary/aromatic N) is 2. The first-order chi connectivity index (χ1) is 12.1. The van der Waals surface area contributed by atoms with Gasteiger partial charge in [0.25, 0.3) is 0 Å². The Balaban J connectivity index is 2.06. The fourth-order valence-corrected chi connectivity index (χ4v) is 4.19. The molecule has 1 aliphatic heterocycles. The minimum absolute atomic E-state index is 0.165. The molecule has 5 rings (SSSR count). The summed E-state index contributed by atoms with van der Waals surface area (Å²) < 4.78 is 7.77. The van der Waals surface area contributed by atoms with Crippen molar-refractivity contribution in [2.45, 2.75) is 19.3 Å². The van der Waals surface area contributed by atoms with E-state index < -0.39 is 0 Å². The predicted octanol–water partition coefficient (Wildman–Crippen LogP) is 3.46. The van der Waals surface area contributed by atoms with Gasteiger partial charge in [-0.2, -0.15) is 0 Å². The molecule has 4 aromatic rings. The number of fused-ring (bicyclic) bond motifs is 5. The lowest BCUT2D eigenvalue weighted by Crippen LogP contribution is -2.26. The lowest BCUT2D eigenvalue weighted by molar-refractivity contribution is 0.453. The molecule has 0 spiro atoms. The first-order valence-electron chi connectivity index (χ1n) is 8.39. The minimum atomic E-state index is -0.334. The molecule has 25 heavy (non-hydrogen) atoms. The highest BCUT2D eigenvalue weighted by atomic mass is 16.5. The third-order valence-electron chi connectivity index (χ3n) is 5.36. The van der Waals surface area contributed by atoms with Crippen LogP contribution in [-0.4, -0.2) is 22.3 Å². The standard InChI is InChI=1S/C20H17BN2O2/c1-20(2)15-5-3-4-6-18(15)23-17-7-8-22-11-14(17)13-9-12(25-21-24)10-16(20)19(13)23/h3-11,21,24H,1-2H3. The Morgan fingerprint density at radius 2 is 1.92 bits per heavy atom. The van der Waals surface area contributed by atoms with Crippen molar-refractivity contribution in [1.29, 1.82) is 0 Å². The smallest absolute Gasteiger partial charge is 0.504 e. The molecule has 3 heterocycles. The molecule has 0 unspecified atom stereocenters. The zero-order valence-corrected chi connectivity index (χ0v) is 14.2. The van der Waals surface area contributed by atoms with Crippen LogP contribution >= 0.6 is 0 Å². The van der Waals surface area contributed by atoms with E-state index in [1.807, 2.05) is 18.5 Å². The van der Waals surface area contributed by atoms with Gasteiger partial charge in [-0.3, -0.25) is 4.98 Å². The quantitative estimate of drug-likeness (QED) is 0.573. The Morgan fingerprint density at radius 1 is 1.08 bits per heavy atom. The van der Waals surface area contributed by atoms with Crippen LogP contribution in [0.5, 0.6) is 5.75 Å². The van der Waals surface area contributed by atoms with Crippen molar-refractivity contribution in [2.24, 2.45) is 0 Å². The lowest BCUT2D eigenvalue weighted by atomic mass is 9.74. The van der Waals surface area contributed by atoms with Gasteiger partial charge in [-0.15, -0.1) is 0 Å². The van der Waals surface area contributed by atoms with E-state index in [-0.39, 0.29) is 13.1 Å². The second-order valence-corrected chi connectivity index (χ2v) is 7.01. The van der Waals surface area contributed by atoms with Crippen molar-refractivity contribution >= 4 is 29.5 Å². The summed E-state index contributed by atoms with van der Waals surface area (Å²) in [5.41, 5.74) is 5.85. The van der Waals surface area contributed by atoms with E-state index in [0.29, 0.717) is 5.75 Å². The second-order valence-electron chi connectivity index (χ2n) is 7.01. The molecule has 1 aliphatic rings. The summed E-state index contributed by atoms with van der Waals surface area (Å²) in [5, 5.41) is 11.4. The molecule has 0 radical (unpaired) electrons. The number of hydrogen-bond donors (Lipinski definition) is 1. The zero-order valence-electron chi connectivity index (χ0n) is 14.2. The van der Waals surface area contributed by atoms with Gasteiger partial charge in [0.1, 0.15) is 5.75 Å². The van der Waals surface area contributed by atoms with Gasteiger partial charge in [0.15, 0.2) is 0 Å². The fraction of sp³-hybridized carbons (Fsp3) is 0.150. The molecule has 0 aliphatic carbocycles. The second kappa shape index (κ2) is 4.86. The van der Waals surface area contributed by atoms with Crippen molar-refractivity contribution in [3.8, 4) is 11.4 Å². The molecule has 0 amide bonds. The van der Waals surface area contributed by atoms with Crippen molar-refractivity contribution in [1.82, 2.24) is 9.55 Å². The number of hydrogen-bond acceptors (Lipinski definition) is 3. The van der Waals surface area contributed by atoms with Crippen LogP contribution < -0.4 is 4.65 Å². The highest BCUT2D eigenvalue weighted by Gasteiger charge is 2.35. The van der Waals surface area contributed by atoms with Gasteiger partial charge in [-0.25, -0.2) is 0 Å². The maximum Gasteiger partial charge on any atom is 0.504 e. The number of aromatic nitrogens is 2. The third-order valence-corrected chi connectivity index (χ3v) is 5.36. The van der Waals surface area contributed by atoms with Crippen LogP contribution in [0.3, 0.4) is 0 Å². The van der Waals surface area contributed by atoms with E-state index in [1.54, 1.807) is 0 Å². The van der Waals surface area contributed by atoms with Crippen LogP contribution in [-0.2, 0) is 5.41 Å². The Kier molecular flexibility index (Phi) is 2.83.